The van der Waals surface area contributed by atoms with Gasteiger partial charge in [-0.15, -0.1) is 0 Å². The lowest BCUT2D eigenvalue weighted by Crippen LogP contribution is -2.20. The summed E-state index contributed by atoms with van der Waals surface area (Å²) in [6.07, 6.45) is 3.31. The number of rotatable bonds is 6. The topological polar surface area (TPSA) is 53.6 Å². The molecule has 19 heavy (non-hydrogen) atoms. The number of aromatic nitrogens is 3. The van der Waals surface area contributed by atoms with Gasteiger partial charge in [0.05, 0.1) is 5.02 Å². The van der Waals surface area contributed by atoms with E-state index in [1.165, 1.54) is 12.4 Å². The number of halogens is 2. The summed E-state index contributed by atoms with van der Waals surface area (Å²) in [5, 5.41) is 10.1. The van der Waals surface area contributed by atoms with Crippen LogP contribution in [-0.4, -0.2) is 21.7 Å². The van der Waals surface area contributed by atoms with Crippen molar-refractivity contribution in [3.63, 3.8) is 0 Å². The van der Waals surface area contributed by atoms with Crippen LogP contribution in [0.15, 0.2) is 24.5 Å². The number of nitrogens with zero attached hydrogens (tertiary/aromatic N) is 2. The first kappa shape index (κ1) is 14.0. The zero-order chi connectivity index (χ0) is 13.7. The summed E-state index contributed by atoms with van der Waals surface area (Å²) in [5.74, 6) is 0.502. The average molecular weight is 283 g/mol. The molecule has 6 heteroatoms. The van der Waals surface area contributed by atoms with Gasteiger partial charge in [-0.25, -0.2) is 9.37 Å². The minimum atomic E-state index is -0.386. The summed E-state index contributed by atoms with van der Waals surface area (Å²) in [7, 11) is 0. The summed E-state index contributed by atoms with van der Waals surface area (Å²) in [4.78, 5) is 4.06. The van der Waals surface area contributed by atoms with Crippen LogP contribution in [0.4, 0.5) is 4.39 Å². The van der Waals surface area contributed by atoms with Crippen molar-refractivity contribution in [2.45, 2.75) is 25.8 Å². The molecule has 0 aliphatic heterocycles. The molecule has 0 saturated heterocycles. The molecule has 0 fully saturated rings. The van der Waals surface area contributed by atoms with E-state index in [9.17, 15) is 4.39 Å². The fraction of sp³-hybridized carbons (Fsp3) is 0.385. The Morgan fingerprint density at radius 1 is 1.47 bits per heavy atom. The third-order valence-corrected chi connectivity index (χ3v) is 3.24. The van der Waals surface area contributed by atoms with Crippen LogP contribution < -0.4 is 5.32 Å². The average Bonchev–Trinajstić information content (AvgIpc) is 2.91. The monoisotopic (exact) mass is 282 g/mol. The Balaban J connectivity index is 1.77. The standard InChI is InChI=1S/C13H16ClFN4/c1-9(10-4-5-12(15)11(14)7-10)16-6-2-3-13-17-8-18-19-13/h4-5,7-9,16H,2-3,6H2,1H3,(H,17,18,19). The summed E-state index contributed by atoms with van der Waals surface area (Å²) in [6, 6.07) is 4.93. The van der Waals surface area contributed by atoms with E-state index < -0.39 is 0 Å². The molecule has 0 spiro atoms. The predicted molar refractivity (Wildman–Crippen MR) is 72.5 cm³/mol. The van der Waals surface area contributed by atoms with Crippen LogP contribution in [0.2, 0.25) is 5.02 Å². The molecule has 0 saturated carbocycles. The Morgan fingerprint density at radius 2 is 2.32 bits per heavy atom. The van der Waals surface area contributed by atoms with Gasteiger partial charge in [0.25, 0.3) is 0 Å². The summed E-state index contributed by atoms with van der Waals surface area (Å²) >= 11 is 5.76. The number of hydrogen-bond donors (Lipinski definition) is 2. The quantitative estimate of drug-likeness (QED) is 0.801. The molecule has 2 aromatic rings. The van der Waals surface area contributed by atoms with E-state index in [2.05, 4.69) is 20.5 Å². The smallest absolute Gasteiger partial charge is 0.141 e. The molecular weight excluding hydrogens is 267 g/mol. The zero-order valence-corrected chi connectivity index (χ0v) is 11.4. The fourth-order valence-electron chi connectivity index (χ4n) is 1.83. The minimum absolute atomic E-state index is 0.132. The van der Waals surface area contributed by atoms with Gasteiger partial charge in [-0.2, -0.15) is 5.10 Å². The first-order valence-electron chi connectivity index (χ1n) is 6.19. The maximum Gasteiger partial charge on any atom is 0.141 e. The van der Waals surface area contributed by atoms with Crippen molar-refractivity contribution in [2.75, 3.05) is 6.54 Å². The number of aryl methyl sites for hydroxylation is 1. The molecule has 1 atom stereocenters. The maximum absolute atomic E-state index is 13.1. The summed E-state index contributed by atoms with van der Waals surface area (Å²) in [5.41, 5.74) is 0.978. The highest BCUT2D eigenvalue weighted by Crippen LogP contribution is 2.20. The highest BCUT2D eigenvalue weighted by Gasteiger charge is 2.07. The molecule has 4 nitrogen and oxygen atoms in total. The van der Waals surface area contributed by atoms with Gasteiger partial charge in [0.15, 0.2) is 0 Å². The third-order valence-electron chi connectivity index (χ3n) is 2.95. The van der Waals surface area contributed by atoms with E-state index in [-0.39, 0.29) is 16.9 Å². The molecule has 1 unspecified atom stereocenters. The molecule has 0 bridgehead atoms. The van der Waals surface area contributed by atoms with Crippen molar-refractivity contribution in [2.24, 2.45) is 0 Å². The molecule has 2 rings (SSSR count). The lowest BCUT2D eigenvalue weighted by Gasteiger charge is -2.14. The lowest BCUT2D eigenvalue weighted by atomic mass is 10.1. The minimum Gasteiger partial charge on any atom is -0.310 e. The van der Waals surface area contributed by atoms with Crippen LogP contribution >= 0.6 is 11.6 Å². The Morgan fingerprint density at radius 3 is 3.00 bits per heavy atom. The number of hydrogen-bond acceptors (Lipinski definition) is 3. The molecule has 0 aliphatic rings. The second-order valence-corrected chi connectivity index (χ2v) is 4.79. The SMILES string of the molecule is CC(NCCCc1ncn[nH]1)c1ccc(F)c(Cl)c1. The van der Waals surface area contributed by atoms with Gasteiger partial charge in [0, 0.05) is 12.5 Å². The second kappa shape index (κ2) is 6.63. The molecular formula is C13H16ClFN4. The number of aromatic amines is 1. The Labute approximate surface area is 116 Å². The van der Waals surface area contributed by atoms with Crippen LogP contribution in [0.5, 0.6) is 0 Å². The van der Waals surface area contributed by atoms with Gasteiger partial charge in [-0.3, -0.25) is 5.10 Å². The first-order chi connectivity index (χ1) is 9.16. The van der Waals surface area contributed by atoms with E-state index in [4.69, 9.17) is 11.6 Å². The molecule has 0 aliphatic carbocycles. The second-order valence-electron chi connectivity index (χ2n) is 4.39. The highest BCUT2D eigenvalue weighted by atomic mass is 35.5. The normalized spacial score (nSPS) is 12.6. The van der Waals surface area contributed by atoms with Gasteiger partial charge in [-0.1, -0.05) is 17.7 Å². The van der Waals surface area contributed by atoms with Crippen molar-refractivity contribution in [1.82, 2.24) is 20.5 Å². The van der Waals surface area contributed by atoms with Crippen LogP contribution in [-0.2, 0) is 6.42 Å². The van der Waals surface area contributed by atoms with Crippen molar-refractivity contribution >= 4 is 11.6 Å². The fourth-order valence-corrected chi connectivity index (χ4v) is 2.01. The Bertz CT molecular complexity index is 515. The zero-order valence-electron chi connectivity index (χ0n) is 10.7. The van der Waals surface area contributed by atoms with Gasteiger partial charge in [-0.05, 0) is 37.6 Å². The summed E-state index contributed by atoms with van der Waals surface area (Å²) in [6.45, 7) is 2.87. The van der Waals surface area contributed by atoms with Crippen LogP contribution in [0.3, 0.4) is 0 Å². The Hall–Kier alpha value is -1.46. The van der Waals surface area contributed by atoms with E-state index >= 15 is 0 Å². The first-order valence-corrected chi connectivity index (χ1v) is 6.57. The van der Waals surface area contributed by atoms with Crippen molar-refractivity contribution in [3.05, 3.63) is 46.8 Å². The van der Waals surface area contributed by atoms with E-state index in [0.717, 1.165) is 30.8 Å². The van der Waals surface area contributed by atoms with E-state index in [1.807, 2.05) is 6.92 Å². The molecule has 0 radical (unpaired) electrons. The highest BCUT2D eigenvalue weighted by molar-refractivity contribution is 6.30. The van der Waals surface area contributed by atoms with Crippen molar-refractivity contribution in [3.8, 4) is 0 Å². The summed E-state index contributed by atoms with van der Waals surface area (Å²) < 4.78 is 13.1. The number of H-pyrrole nitrogens is 1. The Kier molecular flexibility index (Phi) is 4.87. The van der Waals surface area contributed by atoms with Crippen LogP contribution in [0.25, 0.3) is 0 Å². The van der Waals surface area contributed by atoms with Crippen LogP contribution in [0, 0.1) is 5.82 Å². The van der Waals surface area contributed by atoms with E-state index in [1.54, 1.807) is 12.1 Å². The lowest BCUT2D eigenvalue weighted by molar-refractivity contribution is 0.552. The van der Waals surface area contributed by atoms with Gasteiger partial charge >= 0.3 is 0 Å². The van der Waals surface area contributed by atoms with Gasteiger partial charge < -0.3 is 5.32 Å². The maximum atomic E-state index is 13.1. The largest absolute Gasteiger partial charge is 0.310 e. The number of nitrogens with one attached hydrogen (secondary N) is 2. The third kappa shape index (κ3) is 4.01. The predicted octanol–water partition coefficient (Wildman–Crippen LogP) is 2.88. The van der Waals surface area contributed by atoms with Crippen molar-refractivity contribution < 1.29 is 4.39 Å². The molecule has 1 aromatic heterocycles. The van der Waals surface area contributed by atoms with E-state index in [0.29, 0.717) is 0 Å². The molecule has 2 N–H and O–H groups in total. The van der Waals surface area contributed by atoms with Crippen molar-refractivity contribution in [1.29, 1.82) is 0 Å². The van der Waals surface area contributed by atoms with Gasteiger partial charge in [0.1, 0.15) is 18.0 Å². The number of benzene rings is 1. The molecule has 1 aromatic carbocycles. The molecule has 1 heterocycles. The molecule has 0 amide bonds. The van der Waals surface area contributed by atoms with Gasteiger partial charge in [0.2, 0.25) is 0 Å². The van der Waals surface area contributed by atoms with Crippen LogP contribution in [0.1, 0.15) is 30.8 Å². The molecule has 102 valence electrons.